The van der Waals surface area contributed by atoms with Crippen molar-refractivity contribution in [1.82, 2.24) is 5.32 Å². The first-order valence-corrected chi connectivity index (χ1v) is 8.58. The lowest BCUT2D eigenvalue weighted by Crippen LogP contribution is -2.51. The molecule has 0 aromatic carbocycles. The van der Waals surface area contributed by atoms with E-state index < -0.39 is 15.7 Å². The molecule has 0 aromatic heterocycles. The van der Waals surface area contributed by atoms with E-state index in [1.807, 2.05) is 13.8 Å². The van der Waals surface area contributed by atoms with Crippen LogP contribution in [0.4, 0.5) is 0 Å². The minimum absolute atomic E-state index is 0.0431. The van der Waals surface area contributed by atoms with Crippen LogP contribution in [-0.4, -0.2) is 34.9 Å². The molecule has 2 bridgehead atoms. The van der Waals surface area contributed by atoms with E-state index in [1.54, 1.807) is 0 Å². The van der Waals surface area contributed by atoms with Gasteiger partial charge in [-0.05, 0) is 18.3 Å². The van der Waals surface area contributed by atoms with Crippen LogP contribution >= 0.6 is 31.9 Å². The van der Waals surface area contributed by atoms with Gasteiger partial charge in [-0.1, -0.05) is 45.7 Å². The molecule has 0 aromatic rings. The average molecular weight is 396 g/mol. The Morgan fingerprint density at radius 3 is 2.58 bits per heavy atom. The van der Waals surface area contributed by atoms with Gasteiger partial charge in [-0.3, -0.25) is 9.59 Å². The molecule has 2 saturated carbocycles. The van der Waals surface area contributed by atoms with Gasteiger partial charge in [-0.2, -0.15) is 0 Å². The summed E-state index contributed by atoms with van der Waals surface area (Å²) in [6.07, 6.45) is 1.51. The Hall–Kier alpha value is 0.0600. The van der Waals surface area contributed by atoms with E-state index in [4.69, 9.17) is 5.73 Å². The second kappa shape index (κ2) is 4.81. The largest absolute Gasteiger partial charge is 0.354 e. The molecule has 2 aliphatic carbocycles. The number of nitrogens with one attached hydrogen (secondary N) is 1. The van der Waals surface area contributed by atoms with Gasteiger partial charge in [0.25, 0.3) is 0 Å². The van der Waals surface area contributed by atoms with Crippen LogP contribution in [0.1, 0.15) is 26.7 Å². The van der Waals surface area contributed by atoms with Crippen molar-refractivity contribution in [1.29, 1.82) is 0 Å². The van der Waals surface area contributed by atoms with Crippen molar-refractivity contribution in [2.45, 2.75) is 31.5 Å². The zero-order chi connectivity index (χ0) is 14.5. The molecule has 0 spiro atoms. The van der Waals surface area contributed by atoms with Crippen LogP contribution in [-0.2, 0) is 9.59 Å². The first-order chi connectivity index (χ1) is 8.81. The maximum Gasteiger partial charge on any atom is 0.228 e. The van der Waals surface area contributed by atoms with Crippen molar-refractivity contribution in [2.24, 2.45) is 22.0 Å². The van der Waals surface area contributed by atoms with E-state index in [1.165, 1.54) is 0 Å². The fourth-order valence-electron chi connectivity index (χ4n) is 3.96. The van der Waals surface area contributed by atoms with Crippen molar-refractivity contribution in [3.8, 4) is 0 Å². The molecule has 0 unspecified atom stereocenters. The molecule has 3 N–H and O–H groups in total. The molecular formula is C13H20Br2N2O2. The molecule has 1 amide bonds. The Morgan fingerprint density at radius 2 is 2.11 bits per heavy atom. The van der Waals surface area contributed by atoms with E-state index in [0.717, 1.165) is 12.8 Å². The van der Waals surface area contributed by atoms with Crippen molar-refractivity contribution in [2.75, 3.05) is 18.4 Å². The zero-order valence-corrected chi connectivity index (χ0v) is 14.4. The molecule has 0 aliphatic heterocycles. The molecule has 4 nitrogen and oxygen atoms in total. The lowest BCUT2D eigenvalue weighted by atomic mass is 9.64. The normalized spacial score (nSPS) is 39.6. The second-order valence-electron chi connectivity index (χ2n) is 6.08. The summed E-state index contributed by atoms with van der Waals surface area (Å²) in [5.41, 5.74) is 3.98. The van der Waals surface area contributed by atoms with Crippen LogP contribution in [0, 0.1) is 16.2 Å². The number of halogens is 2. The van der Waals surface area contributed by atoms with Crippen LogP contribution in [0.25, 0.3) is 0 Å². The number of fused-ring (bicyclic) bond motifs is 2. The summed E-state index contributed by atoms with van der Waals surface area (Å²) in [6, 6.07) is 0. The molecule has 6 heteroatoms. The summed E-state index contributed by atoms with van der Waals surface area (Å²) in [5, 5.41) is 3.49. The molecule has 0 radical (unpaired) electrons. The topological polar surface area (TPSA) is 72.2 Å². The number of ketones is 1. The Balaban J connectivity index is 2.46. The van der Waals surface area contributed by atoms with Crippen LogP contribution in [0.5, 0.6) is 0 Å². The fourth-order valence-corrected chi connectivity index (χ4v) is 6.66. The third kappa shape index (κ3) is 1.59. The predicted molar refractivity (Wildman–Crippen MR) is 81.5 cm³/mol. The monoisotopic (exact) mass is 394 g/mol. The summed E-state index contributed by atoms with van der Waals surface area (Å²) in [6.45, 7) is 4.95. The molecule has 108 valence electrons. The second-order valence-corrected chi connectivity index (χ2v) is 7.56. The highest BCUT2D eigenvalue weighted by atomic mass is 79.9. The van der Waals surface area contributed by atoms with E-state index in [9.17, 15) is 9.59 Å². The molecular weight excluding hydrogens is 376 g/mol. The predicted octanol–water partition coefficient (Wildman–Crippen LogP) is 1.60. The fraction of sp³-hybridized carbons (Fsp3) is 0.846. The standard InChI is InChI=1S/C13H20Br2N2O2/c1-11(2)12(7-14)3-4-13(11,8(15)9(12)18)10(19)17-6-5-16/h8H,3-7,16H2,1-2H3,(H,17,19)/t8-,12+,13-/m0/s1. The summed E-state index contributed by atoms with van der Waals surface area (Å²) < 4.78 is 0. The van der Waals surface area contributed by atoms with Gasteiger partial charge in [0.05, 0.1) is 10.2 Å². The Labute approximate surface area is 130 Å². The minimum Gasteiger partial charge on any atom is -0.354 e. The van der Waals surface area contributed by atoms with E-state index >= 15 is 0 Å². The van der Waals surface area contributed by atoms with Gasteiger partial charge in [-0.25, -0.2) is 0 Å². The highest BCUT2D eigenvalue weighted by Crippen LogP contribution is 2.72. The lowest BCUT2D eigenvalue weighted by molar-refractivity contribution is -0.135. The molecule has 3 atom stereocenters. The van der Waals surface area contributed by atoms with Gasteiger partial charge >= 0.3 is 0 Å². The molecule has 2 aliphatic rings. The van der Waals surface area contributed by atoms with E-state index in [2.05, 4.69) is 37.2 Å². The Morgan fingerprint density at radius 1 is 1.47 bits per heavy atom. The highest BCUT2D eigenvalue weighted by molar-refractivity contribution is 9.10. The van der Waals surface area contributed by atoms with Gasteiger partial charge in [0.15, 0.2) is 5.78 Å². The van der Waals surface area contributed by atoms with Crippen LogP contribution in [0.2, 0.25) is 0 Å². The molecule has 0 heterocycles. The molecule has 2 fully saturated rings. The number of Topliss-reactive ketones (excluding diaryl/α,β-unsaturated/α-hetero) is 1. The van der Waals surface area contributed by atoms with Crippen molar-refractivity contribution < 1.29 is 9.59 Å². The molecule has 0 saturated heterocycles. The third-order valence-electron chi connectivity index (χ3n) is 5.46. The number of hydrogen-bond acceptors (Lipinski definition) is 3. The number of amides is 1. The minimum atomic E-state index is -0.660. The summed E-state index contributed by atoms with van der Waals surface area (Å²) in [7, 11) is 0. The van der Waals surface area contributed by atoms with Crippen LogP contribution in [0.3, 0.4) is 0 Å². The number of hydrogen-bond donors (Lipinski definition) is 2. The van der Waals surface area contributed by atoms with Gasteiger partial charge in [0.2, 0.25) is 5.91 Å². The van der Waals surface area contributed by atoms with Crippen LogP contribution < -0.4 is 11.1 Å². The number of carbonyl (C=O) groups is 2. The van der Waals surface area contributed by atoms with E-state index in [-0.39, 0.29) is 17.1 Å². The Bertz CT molecular complexity index is 427. The zero-order valence-electron chi connectivity index (χ0n) is 11.3. The first kappa shape index (κ1) is 15.4. The number of alkyl halides is 2. The molecule has 2 rings (SSSR count). The van der Waals surface area contributed by atoms with E-state index in [0.29, 0.717) is 18.4 Å². The summed E-state index contributed by atoms with van der Waals surface area (Å²) in [4.78, 5) is 24.9. The maximum atomic E-state index is 12.6. The molecule has 19 heavy (non-hydrogen) atoms. The maximum absolute atomic E-state index is 12.6. The van der Waals surface area contributed by atoms with Gasteiger partial charge in [0.1, 0.15) is 0 Å². The van der Waals surface area contributed by atoms with Gasteiger partial charge < -0.3 is 11.1 Å². The summed E-state index contributed by atoms with van der Waals surface area (Å²) in [5.74, 6) is 0.113. The number of rotatable bonds is 4. The SMILES string of the molecule is CC1(C)[C@@]2(CBr)CC[C@@]1(C(=O)NCCN)[C@@H](Br)C2=O. The number of carbonyl (C=O) groups excluding carboxylic acids is 2. The van der Waals surface area contributed by atoms with Crippen molar-refractivity contribution in [3.05, 3.63) is 0 Å². The van der Waals surface area contributed by atoms with Gasteiger partial charge in [0, 0.05) is 23.8 Å². The van der Waals surface area contributed by atoms with Crippen molar-refractivity contribution in [3.63, 3.8) is 0 Å². The van der Waals surface area contributed by atoms with Crippen LogP contribution in [0.15, 0.2) is 0 Å². The smallest absolute Gasteiger partial charge is 0.228 e. The first-order valence-electron chi connectivity index (χ1n) is 6.54. The van der Waals surface area contributed by atoms with Crippen molar-refractivity contribution >= 4 is 43.6 Å². The van der Waals surface area contributed by atoms with Gasteiger partial charge in [-0.15, -0.1) is 0 Å². The lowest BCUT2D eigenvalue weighted by Gasteiger charge is -2.40. The quantitative estimate of drug-likeness (QED) is 0.710. The Kier molecular flexibility index (Phi) is 3.91. The average Bonchev–Trinajstić information content (AvgIpc) is 2.69. The third-order valence-corrected chi connectivity index (χ3v) is 7.61. The summed E-state index contributed by atoms with van der Waals surface area (Å²) >= 11 is 7.00. The highest BCUT2D eigenvalue weighted by Gasteiger charge is 2.77. The number of nitrogens with two attached hydrogens (primary N) is 1.